The Morgan fingerprint density at radius 1 is 0.953 bits per heavy atom. The maximum atomic E-state index is 11.7. The van der Waals surface area contributed by atoms with Gasteiger partial charge in [0.15, 0.2) is 0 Å². The van der Waals surface area contributed by atoms with Crippen LogP contribution in [0.2, 0.25) is 0 Å². The van der Waals surface area contributed by atoms with Gasteiger partial charge in [0.2, 0.25) is 0 Å². The molecule has 43 heavy (non-hydrogen) atoms. The Hall–Kier alpha value is -1.86. The minimum Gasteiger partial charge on any atom is -0.507 e. The fourth-order valence-corrected chi connectivity index (χ4v) is 8.48. The van der Waals surface area contributed by atoms with Gasteiger partial charge in [-0.2, -0.15) is 0 Å². The van der Waals surface area contributed by atoms with Crippen LogP contribution in [0.3, 0.4) is 0 Å². The molecule has 0 amide bonds. The van der Waals surface area contributed by atoms with Crippen LogP contribution < -0.4 is 4.74 Å². The molecule has 240 valence electrons. The zero-order valence-corrected chi connectivity index (χ0v) is 28.1. The van der Waals surface area contributed by atoms with Crippen LogP contribution in [0.15, 0.2) is 35.9 Å². The second-order valence-electron chi connectivity index (χ2n) is 14.5. The number of hydrogen-bond donors (Lipinski definition) is 1. The van der Waals surface area contributed by atoms with Crippen molar-refractivity contribution >= 4 is 0 Å². The minimum atomic E-state index is -0.389. The first-order valence-electron chi connectivity index (χ1n) is 17.4. The van der Waals surface area contributed by atoms with E-state index in [0.717, 1.165) is 69.6 Å². The number of unbranched alkanes of at least 4 members (excludes halogenated alkanes) is 2. The van der Waals surface area contributed by atoms with Crippen molar-refractivity contribution in [1.82, 2.24) is 19.6 Å². The Balaban J connectivity index is 1.30. The van der Waals surface area contributed by atoms with Crippen molar-refractivity contribution in [2.24, 2.45) is 5.41 Å². The van der Waals surface area contributed by atoms with Gasteiger partial charge >= 0.3 is 0 Å². The van der Waals surface area contributed by atoms with Crippen LogP contribution >= 0.6 is 0 Å². The lowest BCUT2D eigenvalue weighted by molar-refractivity contribution is -0.0412. The largest absolute Gasteiger partial charge is 0.507 e. The summed E-state index contributed by atoms with van der Waals surface area (Å²) in [4.78, 5) is 10.8. The highest BCUT2D eigenvalue weighted by Gasteiger charge is 2.49. The van der Waals surface area contributed by atoms with Gasteiger partial charge in [0.05, 0.1) is 6.61 Å². The fourth-order valence-electron chi connectivity index (χ4n) is 8.48. The number of phenolic OH excluding ortho intramolecular Hbond substituents is 1. The number of allylic oxidation sites excluding steroid dienone is 3. The Morgan fingerprint density at radius 3 is 2.30 bits per heavy atom. The molecule has 6 heteroatoms. The Bertz CT molecular complexity index is 1150. The van der Waals surface area contributed by atoms with Gasteiger partial charge in [-0.1, -0.05) is 57.4 Å². The van der Waals surface area contributed by atoms with E-state index in [0.29, 0.717) is 18.6 Å². The van der Waals surface area contributed by atoms with Crippen molar-refractivity contribution in [2.45, 2.75) is 104 Å². The normalized spacial score (nSPS) is 29.4. The van der Waals surface area contributed by atoms with Gasteiger partial charge in [-0.15, -0.1) is 0 Å². The summed E-state index contributed by atoms with van der Waals surface area (Å²) in [6, 6.07) is 4.25. The van der Waals surface area contributed by atoms with E-state index in [2.05, 4.69) is 72.9 Å². The molecule has 6 nitrogen and oxygen atoms in total. The van der Waals surface area contributed by atoms with E-state index < -0.39 is 0 Å². The van der Waals surface area contributed by atoms with Gasteiger partial charge in [0.25, 0.3) is 0 Å². The predicted molar refractivity (Wildman–Crippen MR) is 179 cm³/mol. The lowest BCUT2D eigenvalue weighted by Gasteiger charge is -2.50. The average molecular weight is 593 g/mol. The average Bonchev–Trinajstić information content (AvgIpc) is 3.41. The summed E-state index contributed by atoms with van der Waals surface area (Å²) in [7, 11) is 0. The van der Waals surface area contributed by atoms with E-state index in [9.17, 15) is 5.11 Å². The molecule has 3 aliphatic heterocycles. The first-order chi connectivity index (χ1) is 20.7. The monoisotopic (exact) mass is 592 g/mol. The summed E-state index contributed by atoms with van der Waals surface area (Å²) < 4.78 is 6.72. The molecule has 0 aromatic heterocycles. The topological polar surface area (TPSA) is 42.4 Å². The third kappa shape index (κ3) is 6.88. The SMILES string of the molecule is C=C(C)[C@]1(C)CCC(C)=C[C@@]1(C)c1c(O)cc(CCCCC)cc1OCCCN1CCCN2CCN3CCCN(CC1)C23. The Kier molecular flexibility index (Phi) is 10.6. The van der Waals surface area contributed by atoms with Crippen LogP contribution in [0.4, 0.5) is 0 Å². The smallest absolute Gasteiger partial charge is 0.127 e. The number of rotatable bonds is 11. The third-order valence-corrected chi connectivity index (χ3v) is 11.4. The summed E-state index contributed by atoms with van der Waals surface area (Å²) in [6.45, 7) is 27.0. The fraction of sp³-hybridized carbons (Fsp3) is 0.730. The lowest BCUT2D eigenvalue weighted by Crippen LogP contribution is -2.57. The number of nitrogens with zero attached hydrogens (tertiary/aromatic N) is 4. The minimum absolute atomic E-state index is 0.159. The van der Waals surface area contributed by atoms with E-state index in [1.165, 1.54) is 75.1 Å². The molecule has 0 radical (unpaired) electrons. The van der Waals surface area contributed by atoms with Gasteiger partial charge < -0.3 is 14.7 Å². The molecule has 3 fully saturated rings. The van der Waals surface area contributed by atoms with Crippen molar-refractivity contribution in [2.75, 3.05) is 65.5 Å². The number of aromatic hydroxyl groups is 1. The Labute approximate surface area is 262 Å². The van der Waals surface area contributed by atoms with Crippen molar-refractivity contribution in [1.29, 1.82) is 0 Å². The van der Waals surface area contributed by atoms with Gasteiger partial charge in [-0.3, -0.25) is 14.7 Å². The van der Waals surface area contributed by atoms with E-state index in [4.69, 9.17) is 4.74 Å². The summed E-state index contributed by atoms with van der Waals surface area (Å²) in [6.07, 6.45) is 13.0. The first-order valence-corrected chi connectivity index (χ1v) is 17.4. The summed E-state index contributed by atoms with van der Waals surface area (Å²) >= 11 is 0. The van der Waals surface area contributed by atoms with Gasteiger partial charge in [0, 0.05) is 68.8 Å². The number of hydrogen-bond acceptors (Lipinski definition) is 6. The molecule has 0 spiro atoms. The maximum Gasteiger partial charge on any atom is 0.127 e. The highest BCUT2D eigenvalue weighted by Crippen LogP contribution is 2.58. The molecule has 5 rings (SSSR count). The molecule has 1 aromatic carbocycles. The third-order valence-electron chi connectivity index (χ3n) is 11.4. The van der Waals surface area contributed by atoms with Crippen molar-refractivity contribution < 1.29 is 9.84 Å². The molecule has 4 aliphatic rings. The number of phenols is 1. The second-order valence-corrected chi connectivity index (χ2v) is 14.5. The quantitative estimate of drug-likeness (QED) is 0.226. The zero-order valence-electron chi connectivity index (χ0n) is 28.1. The van der Waals surface area contributed by atoms with Crippen molar-refractivity contribution in [3.8, 4) is 11.5 Å². The summed E-state index contributed by atoms with van der Waals surface area (Å²) in [5.41, 5.74) is 4.12. The molecule has 0 bridgehead atoms. The van der Waals surface area contributed by atoms with Gasteiger partial charge in [0.1, 0.15) is 17.8 Å². The second kappa shape index (κ2) is 14.1. The van der Waals surface area contributed by atoms with E-state index >= 15 is 0 Å². The molecular weight excluding hydrogens is 532 g/mol. The molecule has 3 heterocycles. The number of benzene rings is 1. The molecule has 1 aliphatic carbocycles. The molecule has 0 saturated carbocycles. The Morgan fingerprint density at radius 2 is 1.63 bits per heavy atom. The van der Waals surface area contributed by atoms with E-state index in [1.54, 1.807) is 0 Å². The lowest BCUT2D eigenvalue weighted by atomic mass is 9.54. The predicted octanol–water partition coefficient (Wildman–Crippen LogP) is 6.79. The molecule has 1 unspecified atom stereocenters. The maximum absolute atomic E-state index is 11.7. The standard InChI is InChI=1S/C37H60N4O2/c1-7-8-9-13-31-26-32(42)34(37(6)28-30(4)14-15-36(37,5)29(2)3)33(27-31)43-25-12-17-38-16-10-18-40-23-24-41-20-11-19-39(22-21-38)35(40)41/h26-28,35,42H,2,7-25H2,1,3-6H3/t35?,36-,37-/m0/s1. The van der Waals surface area contributed by atoms with Crippen LogP contribution in [-0.4, -0.2) is 96.5 Å². The highest BCUT2D eigenvalue weighted by atomic mass is 16.5. The van der Waals surface area contributed by atoms with Crippen LogP contribution in [0, 0.1) is 5.41 Å². The molecule has 3 atom stereocenters. The van der Waals surface area contributed by atoms with Crippen molar-refractivity contribution in [3.05, 3.63) is 47.1 Å². The first kappa shape index (κ1) is 32.5. The summed E-state index contributed by atoms with van der Waals surface area (Å²) in [5.74, 6) is 1.24. The number of ether oxygens (including phenoxy) is 1. The molecule has 1 aromatic rings. The van der Waals surface area contributed by atoms with Gasteiger partial charge in [-0.05, 0) is 83.0 Å². The van der Waals surface area contributed by atoms with Crippen LogP contribution in [-0.2, 0) is 11.8 Å². The molecule has 3 saturated heterocycles. The highest BCUT2D eigenvalue weighted by molar-refractivity contribution is 5.56. The number of aryl methyl sites for hydroxylation is 1. The summed E-state index contributed by atoms with van der Waals surface area (Å²) in [5, 5.41) is 11.7. The molecular formula is C37H60N4O2. The molecule has 1 N–H and O–H groups in total. The van der Waals surface area contributed by atoms with Gasteiger partial charge in [-0.25, -0.2) is 0 Å². The van der Waals surface area contributed by atoms with E-state index in [1.807, 2.05) is 6.07 Å². The van der Waals surface area contributed by atoms with Crippen LogP contribution in [0.25, 0.3) is 0 Å². The van der Waals surface area contributed by atoms with Crippen LogP contribution in [0.1, 0.15) is 97.1 Å². The van der Waals surface area contributed by atoms with Crippen molar-refractivity contribution in [3.63, 3.8) is 0 Å². The zero-order chi connectivity index (χ0) is 30.6. The van der Waals surface area contributed by atoms with E-state index in [-0.39, 0.29) is 10.8 Å². The van der Waals surface area contributed by atoms with Crippen LogP contribution in [0.5, 0.6) is 11.5 Å².